The number of hydrogen-bond acceptors (Lipinski definition) is 5. The van der Waals surface area contributed by atoms with Crippen molar-refractivity contribution in [1.29, 1.82) is 0 Å². The number of ether oxygens (including phenoxy) is 1. The number of carbonyl (C=O) groups is 1. The first-order chi connectivity index (χ1) is 10.3. The van der Waals surface area contributed by atoms with Gasteiger partial charge in [-0.15, -0.1) is 0 Å². The van der Waals surface area contributed by atoms with Crippen LogP contribution >= 0.6 is 0 Å². The normalized spacial score (nSPS) is 22.0. The molecule has 0 fully saturated rings. The van der Waals surface area contributed by atoms with E-state index in [0.29, 0.717) is 25.9 Å². The lowest BCUT2D eigenvalue weighted by atomic mass is 9.98. The van der Waals surface area contributed by atoms with Gasteiger partial charge in [-0.05, 0) is 38.3 Å². The molecule has 2 aliphatic heterocycles. The Balaban J connectivity index is 1.94. The van der Waals surface area contributed by atoms with E-state index < -0.39 is 11.8 Å². The first-order valence-electron chi connectivity index (χ1n) is 7.30. The van der Waals surface area contributed by atoms with Crippen LogP contribution in [0.4, 0.5) is 4.79 Å². The van der Waals surface area contributed by atoms with Gasteiger partial charge in [-0.3, -0.25) is 10.1 Å². The minimum absolute atomic E-state index is 0.311. The van der Waals surface area contributed by atoms with Crippen LogP contribution in [-0.2, 0) is 4.74 Å². The zero-order valence-electron chi connectivity index (χ0n) is 13.1. The maximum Gasteiger partial charge on any atom is 0.410 e. The van der Waals surface area contributed by atoms with Gasteiger partial charge < -0.3 is 9.64 Å². The van der Waals surface area contributed by atoms with Gasteiger partial charge in [0, 0.05) is 24.2 Å². The van der Waals surface area contributed by atoms with E-state index in [2.05, 4.69) is 4.99 Å². The number of dihydropyridines is 1. The number of amides is 1. The number of nitro groups is 1. The predicted molar refractivity (Wildman–Crippen MR) is 82.5 cm³/mol. The fourth-order valence-corrected chi connectivity index (χ4v) is 2.29. The van der Waals surface area contributed by atoms with Crippen LogP contribution in [0.5, 0.6) is 0 Å². The van der Waals surface area contributed by atoms with E-state index in [1.54, 1.807) is 11.1 Å². The summed E-state index contributed by atoms with van der Waals surface area (Å²) in [6, 6.07) is 0. The minimum Gasteiger partial charge on any atom is -0.444 e. The molecule has 2 heterocycles. The van der Waals surface area contributed by atoms with Gasteiger partial charge in [-0.1, -0.05) is 12.2 Å². The van der Waals surface area contributed by atoms with Gasteiger partial charge in [-0.25, -0.2) is 9.79 Å². The molecule has 7 nitrogen and oxygen atoms in total. The van der Waals surface area contributed by atoms with Crippen molar-refractivity contribution in [2.75, 3.05) is 13.1 Å². The second kappa shape index (κ2) is 6.29. The average molecular weight is 307 g/mol. The highest BCUT2D eigenvalue weighted by atomic mass is 16.6. The Morgan fingerprint density at radius 1 is 1.45 bits per heavy atom. The molecule has 1 unspecified atom stereocenters. The molecule has 1 atom stereocenters. The summed E-state index contributed by atoms with van der Waals surface area (Å²) in [6.45, 7) is 6.57. The number of hydrogen-bond donors (Lipinski definition) is 0. The van der Waals surface area contributed by atoms with Crippen LogP contribution in [0, 0.1) is 10.1 Å². The number of nitrogens with zero attached hydrogens (tertiary/aromatic N) is 3. The Hall–Kier alpha value is -2.18. The third kappa shape index (κ3) is 4.16. The summed E-state index contributed by atoms with van der Waals surface area (Å²) in [5.74, 6) is 0. The smallest absolute Gasteiger partial charge is 0.410 e. The van der Waals surface area contributed by atoms with Crippen molar-refractivity contribution in [3.05, 3.63) is 33.4 Å². The zero-order valence-corrected chi connectivity index (χ0v) is 13.1. The fourth-order valence-electron chi connectivity index (χ4n) is 2.29. The van der Waals surface area contributed by atoms with E-state index in [-0.39, 0.29) is 11.0 Å². The lowest BCUT2D eigenvalue weighted by Gasteiger charge is -2.30. The van der Waals surface area contributed by atoms with Gasteiger partial charge in [0.15, 0.2) is 0 Å². The van der Waals surface area contributed by atoms with E-state index in [1.165, 1.54) is 0 Å². The van der Waals surface area contributed by atoms with Crippen molar-refractivity contribution in [3.8, 4) is 0 Å². The lowest BCUT2D eigenvalue weighted by molar-refractivity contribution is -0.519. The standard InChI is InChI=1S/C15H21N3O4/c1-15(2,3)22-14(19)17-8-6-11(7-9-17)12-4-5-13(16-10-12)18(20)21/h4,6,10,13H,5,7-9H2,1-3H3. The van der Waals surface area contributed by atoms with E-state index in [1.807, 2.05) is 32.9 Å². The van der Waals surface area contributed by atoms with Gasteiger partial charge in [0.1, 0.15) is 5.60 Å². The molecule has 0 radical (unpaired) electrons. The largest absolute Gasteiger partial charge is 0.444 e. The van der Waals surface area contributed by atoms with Crippen LogP contribution in [0.25, 0.3) is 0 Å². The Kier molecular flexibility index (Phi) is 4.63. The highest BCUT2D eigenvalue weighted by molar-refractivity contribution is 5.85. The van der Waals surface area contributed by atoms with E-state index in [0.717, 1.165) is 11.1 Å². The first kappa shape index (κ1) is 16.2. The Morgan fingerprint density at radius 2 is 2.18 bits per heavy atom. The van der Waals surface area contributed by atoms with E-state index in [9.17, 15) is 14.9 Å². The third-order valence-corrected chi connectivity index (χ3v) is 3.41. The van der Waals surface area contributed by atoms with Crippen LogP contribution in [-0.4, -0.2) is 47.0 Å². The first-order valence-corrected chi connectivity index (χ1v) is 7.30. The summed E-state index contributed by atoms with van der Waals surface area (Å²) >= 11 is 0. The van der Waals surface area contributed by atoms with Gasteiger partial charge in [-0.2, -0.15) is 0 Å². The molecule has 0 spiro atoms. The molecule has 2 rings (SSSR count). The molecule has 0 aromatic carbocycles. The summed E-state index contributed by atoms with van der Waals surface area (Å²) in [4.78, 5) is 27.8. The van der Waals surface area contributed by atoms with Crippen molar-refractivity contribution in [2.45, 2.75) is 45.4 Å². The zero-order chi connectivity index (χ0) is 16.3. The molecule has 7 heteroatoms. The van der Waals surface area contributed by atoms with Gasteiger partial charge in [0.2, 0.25) is 0 Å². The lowest BCUT2D eigenvalue weighted by Crippen LogP contribution is -2.39. The fraction of sp³-hybridized carbons (Fsp3) is 0.600. The highest BCUT2D eigenvalue weighted by Gasteiger charge is 2.25. The topological polar surface area (TPSA) is 85.0 Å². The summed E-state index contributed by atoms with van der Waals surface area (Å²) in [6.07, 6.45) is 5.18. The molecule has 120 valence electrons. The molecule has 0 bridgehead atoms. The van der Waals surface area contributed by atoms with Crippen molar-refractivity contribution in [3.63, 3.8) is 0 Å². The maximum atomic E-state index is 12.0. The van der Waals surface area contributed by atoms with E-state index in [4.69, 9.17) is 4.74 Å². The third-order valence-electron chi connectivity index (χ3n) is 3.41. The second-order valence-corrected chi connectivity index (χ2v) is 6.35. The van der Waals surface area contributed by atoms with Crippen molar-refractivity contribution in [1.82, 2.24) is 4.90 Å². The molecular weight excluding hydrogens is 286 g/mol. The SMILES string of the molecule is CC(C)(C)OC(=O)N1CC=C(C2=CCC([N+](=O)[O-])N=C2)CC1. The van der Waals surface area contributed by atoms with Gasteiger partial charge in [0.25, 0.3) is 0 Å². The molecule has 1 amide bonds. The summed E-state index contributed by atoms with van der Waals surface area (Å²) in [5, 5.41) is 10.7. The Morgan fingerprint density at radius 3 is 2.64 bits per heavy atom. The van der Waals surface area contributed by atoms with Crippen LogP contribution in [0.2, 0.25) is 0 Å². The molecule has 0 aromatic heterocycles. The Bertz CT molecular complexity index is 558. The molecular formula is C15H21N3O4. The molecule has 0 saturated heterocycles. The van der Waals surface area contributed by atoms with Gasteiger partial charge >= 0.3 is 12.3 Å². The number of carbonyl (C=O) groups excluding carboxylic acids is 1. The quantitative estimate of drug-likeness (QED) is 0.579. The van der Waals surface area contributed by atoms with Crippen molar-refractivity contribution in [2.24, 2.45) is 4.99 Å². The summed E-state index contributed by atoms with van der Waals surface area (Å²) in [5.41, 5.74) is 1.49. The van der Waals surface area contributed by atoms with Crippen LogP contribution in [0.3, 0.4) is 0 Å². The van der Waals surface area contributed by atoms with Crippen molar-refractivity contribution < 1.29 is 14.5 Å². The highest BCUT2D eigenvalue weighted by Crippen LogP contribution is 2.23. The number of allylic oxidation sites excluding steroid dienone is 1. The minimum atomic E-state index is -0.869. The van der Waals surface area contributed by atoms with Crippen molar-refractivity contribution >= 4 is 12.3 Å². The molecule has 0 saturated carbocycles. The van der Waals surface area contributed by atoms with E-state index >= 15 is 0 Å². The molecule has 22 heavy (non-hydrogen) atoms. The summed E-state index contributed by atoms with van der Waals surface area (Å²) < 4.78 is 5.34. The molecule has 0 aliphatic carbocycles. The average Bonchev–Trinajstić information content (AvgIpc) is 2.46. The summed E-state index contributed by atoms with van der Waals surface area (Å²) in [7, 11) is 0. The molecule has 0 N–H and O–H groups in total. The predicted octanol–water partition coefficient (Wildman–Crippen LogP) is 2.56. The monoisotopic (exact) mass is 307 g/mol. The maximum absolute atomic E-state index is 12.0. The number of rotatable bonds is 2. The second-order valence-electron chi connectivity index (χ2n) is 6.35. The van der Waals surface area contributed by atoms with Crippen LogP contribution in [0.15, 0.2) is 28.3 Å². The molecule has 2 aliphatic rings. The van der Waals surface area contributed by atoms with Gasteiger partial charge in [0.05, 0.1) is 6.42 Å². The molecule has 0 aromatic rings. The van der Waals surface area contributed by atoms with Crippen LogP contribution < -0.4 is 0 Å². The number of aliphatic imine (C=N–C) groups is 1. The Labute approximate surface area is 129 Å². The van der Waals surface area contributed by atoms with Crippen LogP contribution in [0.1, 0.15) is 33.6 Å².